The van der Waals surface area contributed by atoms with Crippen LogP contribution in [0.2, 0.25) is 0 Å². The van der Waals surface area contributed by atoms with E-state index in [1.807, 2.05) is 35.2 Å². The summed E-state index contributed by atoms with van der Waals surface area (Å²) in [6, 6.07) is 6.02. The molecule has 178 valence electrons. The number of hydrogen-bond donors (Lipinski definition) is 1. The van der Waals surface area contributed by atoms with Gasteiger partial charge in [-0.15, -0.1) is 5.10 Å². The smallest absolute Gasteiger partial charge is 0.229 e. The molecule has 35 heavy (non-hydrogen) atoms. The molecule has 7 rings (SSSR count). The standard InChI is InChI=1S/C26H27N7O2/c1-2-21-18-13-28-22(29-25(34)20-12-26(20)5-6-26)11-17(18)19(14-27-21)24-30-23-4-3-16(15-33(23)31-24)32-7-9-35-10-8-32/h3-4,11,13-15,20H,2,5-10,12H2,1H3,(H,28,29,34)/t20-/m1/s1. The largest absolute Gasteiger partial charge is 0.378 e. The van der Waals surface area contributed by atoms with E-state index in [0.717, 1.165) is 72.5 Å². The quantitative estimate of drug-likeness (QED) is 0.478. The molecule has 9 nitrogen and oxygen atoms in total. The van der Waals surface area contributed by atoms with Crippen LogP contribution in [0.1, 0.15) is 31.9 Å². The molecule has 3 aliphatic rings. The molecule has 0 bridgehead atoms. The summed E-state index contributed by atoms with van der Waals surface area (Å²) in [5.41, 5.74) is 3.98. The number of aryl methyl sites for hydroxylation is 1. The Labute approximate surface area is 202 Å². The molecule has 1 saturated heterocycles. The van der Waals surface area contributed by atoms with Gasteiger partial charge in [-0.25, -0.2) is 14.5 Å². The van der Waals surface area contributed by atoms with Crippen LogP contribution in [0.15, 0.2) is 36.8 Å². The van der Waals surface area contributed by atoms with Crippen LogP contribution in [-0.2, 0) is 16.0 Å². The van der Waals surface area contributed by atoms with Crippen molar-refractivity contribution in [3.05, 3.63) is 42.5 Å². The average Bonchev–Trinajstić information content (AvgIpc) is 3.79. The molecule has 5 heterocycles. The third-order valence-corrected chi connectivity index (χ3v) is 7.77. The van der Waals surface area contributed by atoms with Crippen molar-refractivity contribution in [1.29, 1.82) is 0 Å². The SMILES string of the molecule is CCc1ncc(-c2nc3ccc(N4CCOCC4)cn3n2)c2cc(NC(=O)[C@H]3CC34CC4)ncc12. The fourth-order valence-corrected chi connectivity index (χ4v) is 5.36. The summed E-state index contributed by atoms with van der Waals surface area (Å²) < 4.78 is 7.30. The Balaban J connectivity index is 1.26. The zero-order valence-electron chi connectivity index (χ0n) is 19.7. The highest BCUT2D eigenvalue weighted by Gasteiger charge is 2.65. The van der Waals surface area contributed by atoms with Gasteiger partial charge in [0.2, 0.25) is 5.91 Å². The lowest BCUT2D eigenvalue weighted by molar-refractivity contribution is -0.117. The minimum Gasteiger partial charge on any atom is -0.378 e. The third kappa shape index (κ3) is 3.53. The third-order valence-electron chi connectivity index (χ3n) is 7.77. The number of nitrogens with one attached hydrogen (secondary N) is 1. The summed E-state index contributed by atoms with van der Waals surface area (Å²) in [5, 5.41) is 9.75. The molecule has 0 aromatic carbocycles. The second kappa shape index (κ2) is 7.71. The second-order valence-corrected chi connectivity index (χ2v) is 9.92. The van der Waals surface area contributed by atoms with Gasteiger partial charge in [0.1, 0.15) is 5.82 Å². The van der Waals surface area contributed by atoms with E-state index < -0.39 is 0 Å². The van der Waals surface area contributed by atoms with E-state index in [9.17, 15) is 4.79 Å². The van der Waals surface area contributed by atoms with Gasteiger partial charge >= 0.3 is 0 Å². The second-order valence-electron chi connectivity index (χ2n) is 9.92. The molecule has 1 N–H and O–H groups in total. The summed E-state index contributed by atoms with van der Waals surface area (Å²) in [6.07, 6.45) is 9.83. The fraction of sp³-hybridized carbons (Fsp3) is 0.423. The first-order valence-corrected chi connectivity index (χ1v) is 12.4. The molecule has 2 aliphatic carbocycles. The van der Waals surface area contributed by atoms with Gasteiger partial charge in [-0.2, -0.15) is 0 Å². The normalized spacial score (nSPS) is 20.5. The van der Waals surface area contributed by atoms with Crippen LogP contribution < -0.4 is 10.2 Å². The van der Waals surface area contributed by atoms with E-state index in [2.05, 4.69) is 33.2 Å². The average molecular weight is 470 g/mol. The number of amides is 1. The zero-order valence-corrected chi connectivity index (χ0v) is 19.7. The topological polar surface area (TPSA) is 97.5 Å². The number of carbonyl (C=O) groups is 1. The Bertz CT molecular complexity index is 1470. The minimum absolute atomic E-state index is 0.0853. The Hall–Kier alpha value is -3.59. The lowest BCUT2D eigenvalue weighted by atomic mass is 10.1. The van der Waals surface area contributed by atoms with Crippen LogP contribution in [0.3, 0.4) is 0 Å². The summed E-state index contributed by atoms with van der Waals surface area (Å²) in [7, 11) is 0. The minimum atomic E-state index is 0.0853. The van der Waals surface area contributed by atoms with Gasteiger partial charge in [-0.1, -0.05) is 6.92 Å². The van der Waals surface area contributed by atoms with Crippen molar-refractivity contribution in [3.8, 4) is 11.4 Å². The molecule has 1 aliphatic heterocycles. The number of nitrogens with zero attached hydrogens (tertiary/aromatic N) is 6. The van der Waals surface area contributed by atoms with Crippen LogP contribution in [0.5, 0.6) is 0 Å². The van der Waals surface area contributed by atoms with Crippen molar-refractivity contribution in [1.82, 2.24) is 24.6 Å². The Morgan fingerprint density at radius 3 is 2.80 bits per heavy atom. The molecule has 1 atom stereocenters. The molecule has 3 fully saturated rings. The number of ether oxygens (including phenoxy) is 1. The van der Waals surface area contributed by atoms with E-state index in [1.54, 1.807) is 0 Å². The highest BCUT2D eigenvalue weighted by molar-refractivity contribution is 6.00. The number of aromatic nitrogens is 5. The van der Waals surface area contributed by atoms with E-state index >= 15 is 0 Å². The predicted octanol–water partition coefficient (Wildman–Crippen LogP) is 3.48. The molecule has 2 saturated carbocycles. The van der Waals surface area contributed by atoms with Gasteiger partial charge in [0.15, 0.2) is 11.5 Å². The van der Waals surface area contributed by atoms with Crippen molar-refractivity contribution in [2.24, 2.45) is 11.3 Å². The van der Waals surface area contributed by atoms with Crippen molar-refractivity contribution >= 4 is 33.8 Å². The van der Waals surface area contributed by atoms with Crippen LogP contribution >= 0.6 is 0 Å². The summed E-state index contributed by atoms with van der Waals surface area (Å²) in [4.78, 5) is 29.0. The van der Waals surface area contributed by atoms with Crippen molar-refractivity contribution in [2.45, 2.75) is 32.6 Å². The number of fused-ring (bicyclic) bond motifs is 2. The molecule has 0 unspecified atom stereocenters. The van der Waals surface area contributed by atoms with Crippen molar-refractivity contribution < 1.29 is 9.53 Å². The van der Waals surface area contributed by atoms with Gasteiger partial charge in [-0.3, -0.25) is 9.78 Å². The number of anilines is 2. The fourth-order valence-electron chi connectivity index (χ4n) is 5.36. The number of carbonyl (C=O) groups excluding carboxylic acids is 1. The summed E-state index contributed by atoms with van der Waals surface area (Å²) in [5.74, 6) is 1.40. The van der Waals surface area contributed by atoms with E-state index in [1.165, 1.54) is 12.8 Å². The maximum absolute atomic E-state index is 12.7. The Morgan fingerprint density at radius 1 is 1.17 bits per heavy atom. The van der Waals surface area contributed by atoms with Gasteiger partial charge in [-0.05, 0) is 49.3 Å². The molecule has 1 spiro atoms. The van der Waals surface area contributed by atoms with Crippen LogP contribution in [-0.4, -0.2) is 56.8 Å². The van der Waals surface area contributed by atoms with E-state index in [4.69, 9.17) is 14.8 Å². The first-order valence-electron chi connectivity index (χ1n) is 12.4. The lowest BCUT2D eigenvalue weighted by Crippen LogP contribution is -2.36. The molecular formula is C26H27N7O2. The van der Waals surface area contributed by atoms with Gasteiger partial charge in [0, 0.05) is 53.4 Å². The van der Waals surface area contributed by atoms with Gasteiger partial charge in [0.05, 0.1) is 25.1 Å². The molecular weight excluding hydrogens is 442 g/mol. The Morgan fingerprint density at radius 2 is 2.03 bits per heavy atom. The van der Waals surface area contributed by atoms with Crippen molar-refractivity contribution in [2.75, 3.05) is 36.5 Å². The maximum atomic E-state index is 12.7. The van der Waals surface area contributed by atoms with Crippen LogP contribution in [0, 0.1) is 11.3 Å². The molecule has 4 aromatic heterocycles. The van der Waals surface area contributed by atoms with Crippen LogP contribution in [0.25, 0.3) is 27.8 Å². The number of rotatable bonds is 5. The Kier molecular flexibility index (Phi) is 4.57. The zero-order chi connectivity index (χ0) is 23.6. The summed E-state index contributed by atoms with van der Waals surface area (Å²) in [6.45, 7) is 5.27. The molecule has 1 amide bonds. The van der Waals surface area contributed by atoms with E-state index in [0.29, 0.717) is 17.1 Å². The van der Waals surface area contributed by atoms with Gasteiger partial charge < -0.3 is 15.0 Å². The number of pyridine rings is 3. The first-order chi connectivity index (χ1) is 17.1. The van der Waals surface area contributed by atoms with Gasteiger partial charge in [0.25, 0.3) is 0 Å². The molecule has 4 aromatic rings. The maximum Gasteiger partial charge on any atom is 0.229 e. The predicted molar refractivity (Wildman–Crippen MR) is 132 cm³/mol. The molecule has 0 radical (unpaired) electrons. The summed E-state index contributed by atoms with van der Waals surface area (Å²) >= 11 is 0. The number of morpholine rings is 1. The number of hydrogen-bond acceptors (Lipinski definition) is 7. The van der Waals surface area contributed by atoms with Crippen LogP contribution in [0.4, 0.5) is 11.5 Å². The van der Waals surface area contributed by atoms with Crippen molar-refractivity contribution in [3.63, 3.8) is 0 Å². The molecule has 9 heteroatoms. The van der Waals surface area contributed by atoms with E-state index in [-0.39, 0.29) is 11.8 Å². The highest BCUT2D eigenvalue weighted by atomic mass is 16.5. The monoisotopic (exact) mass is 469 g/mol. The first kappa shape index (κ1) is 20.8. The highest BCUT2D eigenvalue weighted by Crippen LogP contribution is 2.70. The lowest BCUT2D eigenvalue weighted by Gasteiger charge is -2.28.